The first-order valence-electron chi connectivity index (χ1n) is 9.22. The van der Waals surface area contributed by atoms with Crippen LogP contribution in [0.4, 0.5) is 15.8 Å². The number of ketones is 1. The van der Waals surface area contributed by atoms with Gasteiger partial charge in [0.15, 0.2) is 5.78 Å². The van der Waals surface area contributed by atoms with E-state index in [4.69, 9.17) is 23.2 Å². The first-order valence-corrected chi connectivity index (χ1v) is 11.4. The summed E-state index contributed by atoms with van der Waals surface area (Å²) in [4.78, 5) is 24.2. The van der Waals surface area contributed by atoms with E-state index in [1.807, 2.05) is 0 Å². The van der Waals surface area contributed by atoms with Crippen LogP contribution in [0.2, 0.25) is 10.0 Å². The third-order valence-corrected chi connectivity index (χ3v) is 6.81. The standard InChI is InChI=1S/C22H17Cl2FN2O4S/c1-14(28)15-2-7-18(8-3-15)27(32(30,31)19-9-4-16(23)5-10-19)13-22(29)26-21-11-6-17(25)12-20(21)24/h2-12H,13H2,1H3,(H,26,29). The molecule has 32 heavy (non-hydrogen) atoms. The summed E-state index contributed by atoms with van der Waals surface area (Å²) in [7, 11) is -4.17. The van der Waals surface area contributed by atoms with Gasteiger partial charge in [0.1, 0.15) is 12.4 Å². The summed E-state index contributed by atoms with van der Waals surface area (Å²) < 4.78 is 40.8. The Balaban J connectivity index is 1.96. The lowest BCUT2D eigenvalue weighted by Crippen LogP contribution is -2.38. The Labute approximate surface area is 194 Å². The van der Waals surface area contributed by atoms with E-state index in [1.165, 1.54) is 61.5 Å². The number of hydrogen-bond acceptors (Lipinski definition) is 4. The van der Waals surface area contributed by atoms with Crippen LogP contribution in [0.5, 0.6) is 0 Å². The Morgan fingerprint density at radius 2 is 1.59 bits per heavy atom. The second-order valence-electron chi connectivity index (χ2n) is 6.74. The van der Waals surface area contributed by atoms with Crippen molar-refractivity contribution >= 4 is 56.3 Å². The molecule has 0 radical (unpaired) electrons. The lowest BCUT2D eigenvalue weighted by Gasteiger charge is -2.24. The highest BCUT2D eigenvalue weighted by atomic mass is 35.5. The number of carbonyl (C=O) groups is 2. The van der Waals surface area contributed by atoms with E-state index in [-0.39, 0.29) is 27.1 Å². The van der Waals surface area contributed by atoms with E-state index >= 15 is 0 Å². The molecule has 3 aromatic rings. The Bertz CT molecular complexity index is 1260. The second kappa shape index (κ2) is 9.68. The Morgan fingerprint density at radius 3 is 2.16 bits per heavy atom. The molecule has 0 aliphatic carbocycles. The molecule has 0 spiro atoms. The van der Waals surface area contributed by atoms with Gasteiger partial charge in [-0.3, -0.25) is 13.9 Å². The molecule has 10 heteroatoms. The van der Waals surface area contributed by atoms with Crippen molar-refractivity contribution in [3.05, 3.63) is 88.2 Å². The number of amides is 1. The SMILES string of the molecule is CC(=O)c1ccc(N(CC(=O)Nc2ccc(F)cc2Cl)S(=O)(=O)c2ccc(Cl)cc2)cc1. The van der Waals surface area contributed by atoms with Gasteiger partial charge in [0.2, 0.25) is 5.91 Å². The molecule has 0 atom stereocenters. The molecule has 0 saturated carbocycles. The molecule has 0 aromatic heterocycles. The lowest BCUT2D eigenvalue weighted by molar-refractivity contribution is -0.114. The number of rotatable bonds is 7. The Kier molecular flexibility index (Phi) is 7.18. The largest absolute Gasteiger partial charge is 0.323 e. The lowest BCUT2D eigenvalue weighted by atomic mass is 10.1. The van der Waals surface area contributed by atoms with Crippen molar-refractivity contribution in [2.24, 2.45) is 0 Å². The van der Waals surface area contributed by atoms with Crippen LogP contribution in [0.25, 0.3) is 0 Å². The van der Waals surface area contributed by atoms with Gasteiger partial charge in [0, 0.05) is 10.6 Å². The summed E-state index contributed by atoms with van der Waals surface area (Å²) >= 11 is 11.8. The second-order valence-corrected chi connectivity index (χ2v) is 9.45. The minimum atomic E-state index is -4.17. The highest BCUT2D eigenvalue weighted by Crippen LogP contribution is 2.26. The molecule has 3 aromatic carbocycles. The van der Waals surface area contributed by atoms with E-state index in [2.05, 4.69) is 5.32 Å². The predicted molar refractivity (Wildman–Crippen MR) is 122 cm³/mol. The summed E-state index contributed by atoms with van der Waals surface area (Å²) in [5, 5.41) is 2.80. The molecule has 0 heterocycles. The molecule has 0 fully saturated rings. The maximum Gasteiger partial charge on any atom is 0.264 e. The number of hydrogen-bond donors (Lipinski definition) is 1. The third-order valence-electron chi connectivity index (χ3n) is 4.46. The predicted octanol–water partition coefficient (Wildman–Crippen LogP) is 5.17. The van der Waals surface area contributed by atoms with Crippen molar-refractivity contribution in [2.75, 3.05) is 16.2 Å². The summed E-state index contributed by atoms with van der Waals surface area (Å²) in [6.07, 6.45) is 0. The van der Waals surface area contributed by atoms with Crippen LogP contribution in [-0.4, -0.2) is 26.7 Å². The Hall–Kier alpha value is -2.94. The fraction of sp³-hybridized carbons (Fsp3) is 0.0909. The maximum atomic E-state index is 13.3. The highest BCUT2D eigenvalue weighted by molar-refractivity contribution is 7.92. The van der Waals surface area contributed by atoms with Crippen molar-refractivity contribution in [1.82, 2.24) is 0 Å². The fourth-order valence-corrected chi connectivity index (χ4v) is 4.58. The number of benzene rings is 3. The molecule has 166 valence electrons. The number of sulfonamides is 1. The van der Waals surface area contributed by atoms with Crippen molar-refractivity contribution in [2.45, 2.75) is 11.8 Å². The van der Waals surface area contributed by atoms with Gasteiger partial charge >= 0.3 is 0 Å². The van der Waals surface area contributed by atoms with Gasteiger partial charge in [-0.05, 0) is 73.7 Å². The number of halogens is 3. The quantitative estimate of drug-likeness (QED) is 0.459. The van der Waals surface area contributed by atoms with Crippen LogP contribution in [0.3, 0.4) is 0 Å². The monoisotopic (exact) mass is 494 g/mol. The van der Waals surface area contributed by atoms with Crippen LogP contribution < -0.4 is 9.62 Å². The zero-order chi connectivity index (χ0) is 23.5. The van der Waals surface area contributed by atoms with Crippen molar-refractivity contribution < 1.29 is 22.4 Å². The number of Topliss-reactive ketones (excluding diaryl/α,β-unsaturated/α-hetero) is 1. The van der Waals surface area contributed by atoms with E-state index in [9.17, 15) is 22.4 Å². The normalized spacial score (nSPS) is 11.1. The molecule has 6 nitrogen and oxygen atoms in total. The average molecular weight is 495 g/mol. The average Bonchev–Trinajstić information content (AvgIpc) is 2.74. The third kappa shape index (κ3) is 5.45. The summed E-state index contributed by atoms with van der Waals surface area (Å²) in [5.41, 5.74) is 0.694. The molecular weight excluding hydrogens is 478 g/mol. The van der Waals surface area contributed by atoms with E-state index in [0.29, 0.717) is 10.6 Å². The van der Waals surface area contributed by atoms with Crippen molar-refractivity contribution in [3.63, 3.8) is 0 Å². The molecule has 1 N–H and O–H groups in total. The molecule has 0 aliphatic rings. The first kappa shape index (κ1) is 23.7. The van der Waals surface area contributed by atoms with Gasteiger partial charge in [-0.15, -0.1) is 0 Å². The van der Waals surface area contributed by atoms with E-state index in [1.54, 1.807) is 0 Å². The Morgan fingerprint density at radius 1 is 0.969 bits per heavy atom. The van der Waals surface area contributed by atoms with Gasteiger partial charge in [-0.2, -0.15) is 0 Å². The first-order chi connectivity index (χ1) is 15.1. The molecule has 0 unspecified atom stereocenters. The summed E-state index contributed by atoms with van der Waals surface area (Å²) in [6.45, 7) is 0.787. The molecule has 1 amide bonds. The van der Waals surface area contributed by atoms with Gasteiger partial charge in [0.05, 0.1) is 21.3 Å². The molecule has 3 rings (SSSR count). The van der Waals surface area contributed by atoms with Crippen molar-refractivity contribution in [1.29, 1.82) is 0 Å². The molecule has 0 saturated heterocycles. The van der Waals surface area contributed by atoms with Crippen LogP contribution in [0, 0.1) is 5.82 Å². The number of anilines is 2. The van der Waals surface area contributed by atoms with Gasteiger partial charge in [-0.1, -0.05) is 23.2 Å². The summed E-state index contributed by atoms with van der Waals surface area (Å²) in [6, 6.07) is 14.7. The number of nitrogens with one attached hydrogen (secondary N) is 1. The molecular formula is C22H17Cl2FN2O4S. The minimum absolute atomic E-state index is 0.0312. The number of carbonyl (C=O) groups excluding carboxylic acids is 2. The number of nitrogens with zero attached hydrogens (tertiary/aromatic N) is 1. The fourth-order valence-electron chi connectivity index (χ4n) is 2.82. The van der Waals surface area contributed by atoms with Gasteiger partial charge < -0.3 is 5.32 Å². The molecule has 0 aliphatic heterocycles. The van der Waals surface area contributed by atoms with Crippen LogP contribution in [0.15, 0.2) is 71.6 Å². The van der Waals surface area contributed by atoms with Gasteiger partial charge in [0.25, 0.3) is 10.0 Å². The zero-order valence-corrected chi connectivity index (χ0v) is 19.0. The van der Waals surface area contributed by atoms with Crippen LogP contribution in [0.1, 0.15) is 17.3 Å². The van der Waals surface area contributed by atoms with Gasteiger partial charge in [-0.25, -0.2) is 12.8 Å². The van der Waals surface area contributed by atoms with Crippen LogP contribution in [-0.2, 0) is 14.8 Å². The highest BCUT2D eigenvalue weighted by Gasteiger charge is 2.27. The minimum Gasteiger partial charge on any atom is -0.323 e. The smallest absolute Gasteiger partial charge is 0.264 e. The topological polar surface area (TPSA) is 83.6 Å². The van der Waals surface area contributed by atoms with Crippen LogP contribution >= 0.6 is 23.2 Å². The zero-order valence-electron chi connectivity index (χ0n) is 16.7. The van der Waals surface area contributed by atoms with E-state index < -0.39 is 28.3 Å². The summed E-state index contributed by atoms with van der Waals surface area (Å²) in [5.74, 6) is -1.47. The molecule has 0 bridgehead atoms. The van der Waals surface area contributed by atoms with E-state index in [0.717, 1.165) is 16.4 Å². The maximum absolute atomic E-state index is 13.3. The van der Waals surface area contributed by atoms with Crippen molar-refractivity contribution in [3.8, 4) is 0 Å².